The van der Waals surface area contributed by atoms with Gasteiger partial charge in [0.2, 0.25) is 11.8 Å². The van der Waals surface area contributed by atoms with Crippen molar-refractivity contribution in [2.45, 2.75) is 25.8 Å². The van der Waals surface area contributed by atoms with Crippen LogP contribution in [0, 0.1) is 5.82 Å². The number of nitrogens with zero attached hydrogens (tertiary/aromatic N) is 1. The normalized spacial score (nSPS) is 17.9. The van der Waals surface area contributed by atoms with Gasteiger partial charge in [0.25, 0.3) is 0 Å². The Hall–Kier alpha value is -1.91. The van der Waals surface area contributed by atoms with Crippen molar-refractivity contribution in [1.82, 2.24) is 10.2 Å². The Morgan fingerprint density at radius 3 is 2.68 bits per heavy atom. The van der Waals surface area contributed by atoms with Gasteiger partial charge in [0.15, 0.2) is 0 Å². The van der Waals surface area contributed by atoms with Gasteiger partial charge in [-0.3, -0.25) is 9.59 Å². The van der Waals surface area contributed by atoms with E-state index in [-0.39, 0.29) is 30.2 Å². The number of amides is 2. The molecule has 4 nitrogen and oxygen atoms in total. The first-order valence-electron chi connectivity index (χ1n) is 6.37. The molecule has 2 rings (SSSR count). The van der Waals surface area contributed by atoms with Gasteiger partial charge in [0.05, 0.1) is 6.54 Å². The van der Waals surface area contributed by atoms with Gasteiger partial charge in [-0.25, -0.2) is 4.39 Å². The second kappa shape index (κ2) is 5.82. The molecule has 1 N–H and O–H groups in total. The van der Waals surface area contributed by atoms with Crippen molar-refractivity contribution in [3.63, 3.8) is 0 Å². The summed E-state index contributed by atoms with van der Waals surface area (Å²) in [4.78, 5) is 24.9. The van der Waals surface area contributed by atoms with Crippen LogP contribution in [0.3, 0.4) is 0 Å². The molecule has 0 bridgehead atoms. The van der Waals surface area contributed by atoms with E-state index >= 15 is 0 Å². The zero-order chi connectivity index (χ0) is 13.8. The average molecular weight is 264 g/mol. The Morgan fingerprint density at radius 1 is 1.32 bits per heavy atom. The molecule has 19 heavy (non-hydrogen) atoms. The van der Waals surface area contributed by atoms with Gasteiger partial charge in [-0.05, 0) is 31.0 Å². The molecule has 1 aliphatic rings. The molecular weight excluding hydrogens is 247 g/mol. The molecule has 0 aromatic heterocycles. The van der Waals surface area contributed by atoms with Crippen molar-refractivity contribution in [3.05, 3.63) is 35.6 Å². The Balaban J connectivity index is 2.01. The maximum absolute atomic E-state index is 12.8. The molecule has 0 aliphatic carbocycles. The second-order valence-electron chi connectivity index (χ2n) is 4.79. The number of rotatable bonds is 3. The van der Waals surface area contributed by atoms with Crippen molar-refractivity contribution in [1.29, 1.82) is 0 Å². The maximum atomic E-state index is 12.8. The minimum Gasteiger partial charge on any atom is -0.347 e. The zero-order valence-electron chi connectivity index (χ0n) is 10.9. The molecule has 1 fully saturated rings. The maximum Gasteiger partial charge on any atom is 0.242 e. The summed E-state index contributed by atoms with van der Waals surface area (Å²) in [6, 6.07) is 6.26. The fraction of sp³-hybridized carbons (Fsp3) is 0.429. The first kappa shape index (κ1) is 13.5. The van der Waals surface area contributed by atoms with Crippen LogP contribution in [0.5, 0.6) is 0 Å². The van der Waals surface area contributed by atoms with E-state index in [1.54, 1.807) is 17.0 Å². The smallest absolute Gasteiger partial charge is 0.242 e. The fourth-order valence-electron chi connectivity index (χ4n) is 2.25. The zero-order valence-corrected chi connectivity index (χ0v) is 10.9. The van der Waals surface area contributed by atoms with Crippen LogP contribution in [-0.4, -0.2) is 35.8 Å². The predicted molar refractivity (Wildman–Crippen MR) is 68.9 cm³/mol. The van der Waals surface area contributed by atoms with Crippen LogP contribution < -0.4 is 5.32 Å². The Bertz CT molecular complexity index is 473. The third-order valence-electron chi connectivity index (χ3n) is 3.31. The van der Waals surface area contributed by atoms with E-state index in [4.69, 9.17) is 0 Å². The lowest BCUT2D eigenvalue weighted by Crippen LogP contribution is -2.42. The van der Waals surface area contributed by atoms with E-state index < -0.39 is 0 Å². The van der Waals surface area contributed by atoms with Gasteiger partial charge in [-0.15, -0.1) is 0 Å². The molecule has 1 heterocycles. The number of carbonyl (C=O) groups excluding carboxylic acids is 2. The highest BCUT2D eigenvalue weighted by Gasteiger charge is 2.24. The quantitative estimate of drug-likeness (QED) is 0.889. The number of hydrogen-bond acceptors (Lipinski definition) is 2. The molecule has 0 saturated carbocycles. The third kappa shape index (κ3) is 3.53. The summed E-state index contributed by atoms with van der Waals surface area (Å²) in [7, 11) is 0. The van der Waals surface area contributed by atoms with Gasteiger partial charge >= 0.3 is 0 Å². The van der Waals surface area contributed by atoms with Crippen LogP contribution in [0.15, 0.2) is 24.3 Å². The lowest BCUT2D eigenvalue weighted by molar-refractivity contribution is -0.131. The molecule has 1 aliphatic heterocycles. The van der Waals surface area contributed by atoms with Crippen molar-refractivity contribution in [2.75, 3.05) is 13.1 Å². The lowest BCUT2D eigenvalue weighted by Gasteiger charge is -2.27. The van der Waals surface area contributed by atoms with Crippen LogP contribution in [0.1, 0.15) is 18.9 Å². The topological polar surface area (TPSA) is 49.4 Å². The van der Waals surface area contributed by atoms with Crippen molar-refractivity contribution >= 4 is 11.8 Å². The van der Waals surface area contributed by atoms with E-state index in [2.05, 4.69) is 5.32 Å². The monoisotopic (exact) mass is 264 g/mol. The Labute approximate surface area is 111 Å². The minimum atomic E-state index is -0.267. The molecule has 1 atom stereocenters. The van der Waals surface area contributed by atoms with Gasteiger partial charge in [0.1, 0.15) is 5.82 Å². The van der Waals surface area contributed by atoms with Gasteiger partial charge < -0.3 is 10.2 Å². The largest absolute Gasteiger partial charge is 0.347 e. The predicted octanol–water partition coefficient (Wildman–Crippen LogP) is 1.11. The molecule has 1 aromatic rings. The standard InChI is InChI=1S/C14H17FN2O2/c1-10(8-11-2-4-12(15)5-3-11)17-7-6-13(18)16-9-14(17)19/h2-5,10H,6-9H2,1H3,(H,16,18). The van der Waals surface area contributed by atoms with Gasteiger partial charge in [0, 0.05) is 19.0 Å². The highest BCUT2D eigenvalue weighted by Crippen LogP contribution is 2.12. The summed E-state index contributed by atoms with van der Waals surface area (Å²) in [5.74, 6) is -0.428. The lowest BCUT2D eigenvalue weighted by atomic mass is 10.1. The van der Waals surface area contributed by atoms with Crippen molar-refractivity contribution in [3.8, 4) is 0 Å². The molecule has 1 unspecified atom stereocenters. The molecule has 5 heteroatoms. The molecule has 1 aromatic carbocycles. The first-order valence-corrected chi connectivity index (χ1v) is 6.37. The molecule has 0 radical (unpaired) electrons. The highest BCUT2D eigenvalue weighted by atomic mass is 19.1. The average Bonchev–Trinajstić information content (AvgIpc) is 2.55. The van der Waals surface area contributed by atoms with Crippen LogP contribution in [0.25, 0.3) is 0 Å². The Morgan fingerprint density at radius 2 is 2.00 bits per heavy atom. The van der Waals surface area contributed by atoms with E-state index in [9.17, 15) is 14.0 Å². The molecule has 1 saturated heterocycles. The number of benzene rings is 1. The van der Waals surface area contributed by atoms with Crippen LogP contribution in [0.4, 0.5) is 4.39 Å². The Kier molecular flexibility index (Phi) is 4.14. The molecular formula is C14H17FN2O2. The van der Waals surface area contributed by atoms with E-state index in [0.717, 1.165) is 5.56 Å². The molecule has 102 valence electrons. The van der Waals surface area contributed by atoms with Crippen LogP contribution in [0.2, 0.25) is 0 Å². The number of carbonyl (C=O) groups is 2. The van der Waals surface area contributed by atoms with Crippen molar-refractivity contribution in [2.24, 2.45) is 0 Å². The number of halogens is 1. The second-order valence-corrected chi connectivity index (χ2v) is 4.79. The first-order chi connectivity index (χ1) is 9.06. The number of nitrogens with one attached hydrogen (secondary N) is 1. The summed E-state index contributed by atoms with van der Waals surface area (Å²) in [5.41, 5.74) is 0.977. The summed E-state index contributed by atoms with van der Waals surface area (Å²) in [6.07, 6.45) is 0.986. The summed E-state index contributed by atoms with van der Waals surface area (Å²) >= 11 is 0. The summed E-state index contributed by atoms with van der Waals surface area (Å²) < 4.78 is 12.8. The highest BCUT2D eigenvalue weighted by molar-refractivity contribution is 5.87. The van der Waals surface area contributed by atoms with E-state index in [1.165, 1.54) is 12.1 Å². The van der Waals surface area contributed by atoms with E-state index in [0.29, 0.717) is 19.4 Å². The summed E-state index contributed by atoms with van der Waals surface area (Å²) in [6.45, 7) is 2.44. The van der Waals surface area contributed by atoms with Crippen molar-refractivity contribution < 1.29 is 14.0 Å². The minimum absolute atomic E-state index is 0.00865. The van der Waals surface area contributed by atoms with E-state index in [1.807, 2.05) is 6.92 Å². The third-order valence-corrected chi connectivity index (χ3v) is 3.31. The number of hydrogen-bond donors (Lipinski definition) is 1. The van der Waals surface area contributed by atoms with Gasteiger partial charge in [-0.1, -0.05) is 12.1 Å². The summed E-state index contributed by atoms with van der Waals surface area (Å²) in [5, 5.41) is 2.57. The van der Waals surface area contributed by atoms with Crippen LogP contribution in [-0.2, 0) is 16.0 Å². The molecule has 2 amide bonds. The van der Waals surface area contributed by atoms with Gasteiger partial charge in [-0.2, -0.15) is 0 Å². The molecule has 0 spiro atoms. The SMILES string of the molecule is CC(Cc1ccc(F)cc1)N1CCC(=O)NCC1=O. The fourth-order valence-corrected chi connectivity index (χ4v) is 2.25. The van der Waals surface area contributed by atoms with Crippen LogP contribution >= 0.6 is 0 Å².